The molecule has 1 aliphatic rings. The third-order valence-electron chi connectivity index (χ3n) is 3.22. The molecule has 0 aliphatic carbocycles. The molecule has 0 spiro atoms. The third-order valence-corrected chi connectivity index (χ3v) is 3.22. The Labute approximate surface area is 101 Å². The van der Waals surface area contributed by atoms with Crippen LogP contribution in [0.15, 0.2) is 30.5 Å². The lowest BCUT2D eigenvalue weighted by Crippen LogP contribution is -2.49. The zero-order valence-electron chi connectivity index (χ0n) is 9.93. The molecule has 88 valence electrons. The van der Waals surface area contributed by atoms with Gasteiger partial charge in [-0.1, -0.05) is 24.3 Å². The summed E-state index contributed by atoms with van der Waals surface area (Å²) >= 11 is 0. The number of fused-ring (bicyclic) bond motifs is 1. The van der Waals surface area contributed by atoms with Crippen LogP contribution >= 0.6 is 0 Å². The van der Waals surface area contributed by atoms with Crippen LogP contribution < -0.4 is 10.2 Å². The number of aromatic nitrogens is 2. The van der Waals surface area contributed by atoms with Crippen molar-refractivity contribution < 1.29 is 0 Å². The molecule has 1 aromatic carbocycles. The van der Waals surface area contributed by atoms with Crippen molar-refractivity contribution in [2.24, 2.45) is 0 Å². The van der Waals surface area contributed by atoms with Crippen LogP contribution in [0.5, 0.6) is 0 Å². The van der Waals surface area contributed by atoms with E-state index in [1.807, 2.05) is 12.3 Å². The zero-order chi connectivity index (χ0) is 11.7. The quantitative estimate of drug-likeness (QED) is 0.801. The molecule has 1 saturated heterocycles. The Morgan fingerprint density at radius 2 is 2.24 bits per heavy atom. The highest BCUT2D eigenvalue weighted by molar-refractivity contribution is 5.91. The van der Waals surface area contributed by atoms with Gasteiger partial charge in [-0.3, -0.25) is 0 Å². The van der Waals surface area contributed by atoms with Gasteiger partial charge >= 0.3 is 0 Å². The fourth-order valence-electron chi connectivity index (χ4n) is 2.37. The molecule has 1 atom stereocenters. The first kappa shape index (κ1) is 10.5. The average molecular weight is 228 g/mol. The van der Waals surface area contributed by atoms with Crippen LogP contribution in [0.1, 0.15) is 6.92 Å². The van der Waals surface area contributed by atoms with E-state index in [9.17, 15) is 0 Å². The second-order valence-electron chi connectivity index (χ2n) is 4.56. The van der Waals surface area contributed by atoms with Crippen molar-refractivity contribution in [2.45, 2.75) is 13.0 Å². The molecule has 1 N–H and O–H groups in total. The number of benzene rings is 1. The molecule has 0 unspecified atom stereocenters. The zero-order valence-corrected chi connectivity index (χ0v) is 9.93. The molecule has 2 aromatic rings. The Bertz CT molecular complexity index is 520. The fraction of sp³-hybridized carbons (Fsp3) is 0.385. The number of rotatable bonds is 1. The second kappa shape index (κ2) is 4.30. The van der Waals surface area contributed by atoms with Crippen LogP contribution in [0.3, 0.4) is 0 Å². The minimum Gasteiger partial charge on any atom is -0.352 e. The number of nitrogens with one attached hydrogen (secondary N) is 1. The van der Waals surface area contributed by atoms with Crippen LogP contribution in [-0.4, -0.2) is 35.9 Å². The smallest absolute Gasteiger partial charge is 0.159 e. The van der Waals surface area contributed by atoms with Gasteiger partial charge in [0.05, 0.1) is 6.20 Å². The summed E-state index contributed by atoms with van der Waals surface area (Å²) in [7, 11) is 0. The molecule has 0 bridgehead atoms. The van der Waals surface area contributed by atoms with Gasteiger partial charge in [0.25, 0.3) is 0 Å². The van der Waals surface area contributed by atoms with Crippen molar-refractivity contribution in [1.82, 2.24) is 15.5 Å². The van der Waals surface area contributed by atoms with E-state index in [4.69, 9.17) is 0 Å². The van der Waals surface area contributed by atoms with Gasteiger partial charge < -0.3 is 10.2 Å². The normalized spacial score (nSPS) is 20.8. The molecule has 4 nitrogen and oxygen atoms in total. The Hall–Kier alpha value is -1.68. The average Bonchev–Trinajstić information content (AvgIpc) is 2.38. The highest BCUT2D eigenvalue weighted by Gasteiger charge is 2.18. The molecule has 0 amide bonds. The second-order valence-corrected chi connectivity index (χ2v) is 4.56. The SMILES string of the molecule is C[C@H]1CN(c2nncc3ccccc23)CCN1. The summed E-state index contributed by atoms with van der Waals surface area (Å²) in [5, 5.41) is 14.2. The van der Waals surface area contributed by atoms with E-state index in [-0.39, 0.29) is 0 Å². The summed E-state index contributed by atoms with van der Waals surface area (Å²) in [5.41, 5.74) is 0. The minimum absolute atomic E-state index is 0.504. The third kappa shape index (κ3) is 1.96. The number of anilines is 1. The van der Waals surface area contributed by atoms with Crippen molar-refractivity contribution in [3.63, 3.8) is 0 Å². The summed E-state index contributed by atoms with van der Waals surface area (Å²) < 4.78 is 0. The van der Waals surface area contributed by atoms with Crippen LogP contribution in [-0.2, 0) is 0 Å². The van der Waals surface area contributed by atoms with E-state index in [2.05, 4.69) is 45.5 Å². The molecule has 2 heterocycles. The topological polar surface area (TPSA) is 41.1 Å². The van der Waals surface area contributed by atoms with Gasteiger partial charge in [0.15, 0.2) is 5.82 Å². The van der Waals surface area contributed by atoms with Gasteiger partial charge in [0, 0.05) is 36.4 Å². The van der Waals surface area contributed by atoms with Crippen molar-refractivity contribution in [3.05, 3.63) is 30.5 Å². The lowest BCUT2D eigenvalue weighted by molar-refractivity contribution is 0.482. The summed E-state index contributed by atoms with van der Waals surface area (Å²) in [6, 6.07) is 8.79. The maximum absolute atomic E-state index is 4.31. The van der Waals surface area contributed by atoms with E-state index in [0.717, 1.165) is 30.8 Å². The molecular weight excluding hydrogens is 212 g/mol. The maximum Gasteiger partial charge on any atom is 0.159 e. The van der Waals surface area contributed by atoms with Crippen molar-refractivity contribution in [1.29, 1.82) is 0 Å². The van der Waals surface area contributed by atoms with E-state index < -0.39 is 0 Å². The van der Waals surface area contributed by atoms with Crippen LogP contribution in [0.4, 0.5) is 5.82 Å². The summed E-state index contributed by atoms with van der Waals surface area (Å²) in [4.78, 5) is 2.32. The minimum atomic E-state index is 0.504. The molecule has 4 heteroatoms. The van der Waals surface area contributed by atoms with Gasteiger partial charge in [-0.05, 0) is 6.92 Å². The fourth-order valence-corrected chi connectivity index (χ4v) is 2.37. The molecule has 1 fully saturated rings. The summed E-state index contributed by atoms with van der Waals surface area (Å²) in [6.45, 7) is 5.19. The van der Waals surface area contributed by atoms with Gasteiger partial charge in [-0.2, -0.15) is 5.10 Å². The van der Waals surface area contributed by atoms with Crippen LogP contribution in [0.25, 0.3) is 10.8 Å². The first-order valence-corrected chi connectivity index (χ1v) is 6.03. The Balaban J connectivity index is 2.04. The molecule has 0 saturated carbocycles. The Kier molecular flexibility index (Phi) is 2.65. The van der Waals surface area contributed by atoms with E-state index >= 15 is 0 Å². The molecule has 0 radical (unpaired) electrons. The lowest BCUT2D eigenvalue weighted by atomic mass is 10.1. The highest BCUT2D eigenvalue weighted by Crippen LogP contribution is 2.23. The van der Waals surface area contributed by atoms with Crippen molar-refractivity contribution in [3.8, 4) is 0 Å². The summed E-state index contributed by atoms with van der Waals surface area (Å²) in [5.74, 6) is 1.01. The first-order chi connectivity index (χ1) is 8.34. The molecule has 17 heavy (non-hydrogen) atoms. The number of hydrogen-bond acceptors (Lipinski definition) is 4. The van der Waals surface area contributed by atoms with E-state index in [0.29, 0.717) is 6.04 Å². The molecule has 1 aromatic heterocycles. The van der Waals surface area contributed by atoms with Crippen LogP contribution in [0, 0.1) is 0 Å². The first-order valence-electron chi connectivity index (χ1n) is 6.03. The van der Waals surface area contributed by atoms with E-state index in [1.165, 1.54) is 5.39 Å². The molecule has 1 aliphatic heterocycles. The number of piperazine rings is 1. The van der Waals surface area contributed by atoms with Gasteiger partial charge in [-0.25, -0.2) is 0 Å². The standard InChI is InChI=1S/C13H16N4/c1-10-9-17(7-6-14-10)13-12-5-3-2-4-11(12)8-15-16-13/h2-5,8,10,14H,6-7,9H2,1H3/t10-/m0/s1. The lowest BCUT2D eigenvalue weighted by Gasteiger charge is -2.32. The number of hydrogen-bond donors (Lipinski definition) is 1. The van der Waals surface area contributed by atoms with Crippen molar-refractivity contribution >= 4 is 16.6 Å². The maximum atomic E-state index is 4.31. The molecular formula is C13H16N4. The number of nitrogens with zero attached hydrogens (tertiary/aromatic N) is 3. The molecule has 3 rings (SSSR count). The monoisotopic (exact) mass is 228 g/mol. The van der Waals surface area contributed by atoms with Gasteiger partial charge in [0.1, 0.15) is 0 Å². The van der Waals surface area contributed by atoms with E-state index in [1.54, 1.807) is 0 Å². The van der Waals surface area contributed by atoms with Gasteiger partial charge in [0.2, 0.25) is 0 Å². The predicted octanol–water partition coefficient (Wildman–Crippen LogP) is 1.43. The Morgan fingerprint density at radius 3 is 3.12 bits per heavy atom. The largest absolute Gasteiger partial charge is 0.352 e. The van der Waals surface area contributed by atoms with Crippen LogP contribution in [0.2, 0.25) is 0 Å². The van der Waals surface area contributed by atoms with Crippen molar-refractivity contribution in [2.75, 3.05) is 24.5 Å². The summed E-state index contributed by atoms with van der Waals surface area (Å²) in [6.07, 6.45) is 1.82. The predicted molar refractivity (Wildman–Crippen MR) is 69.2 cm³/mol. The Morgan fingerprint density at radius 1 is 1.35 bits per heavy atom. The van der Waals surface area contributed by atoms with Gasteiger partial charge in [-0.15, -0.1) is 5.10 Å². The highest BCUT2D eigenvalue weighted by atomic mass is 15.3.